The summed E-state index contributed by atoms with van der Waals surface area (Å²) in [7, 11) is 2.01. The lowest BCUT2D eigenvalue weighted by atomic mass is 10.1. The van der Waals surface area contributed by atoms with E-state index in [0.717, 1.165) is 33.5 Å². The third kappa shape index (κ3) is 3.55. The van der Waals surface area contributed by atoms with Crippen LogP contribution in [0.1, 0.15) is 16.7 Å². The molecular formula is C15H16BrN3S. The van der Waals surface area contributed by atoms with Crippen LogP contribution in [-0.2, 0) is 6.54 Å². The minimum absolute atomic E-state index is 0.421. The maximum Gasteiger partial charge on any atom is 0.142 e. The van der Waals surface area contributed by atoms with Crippen LogP contribution >= 0.6 is 28.1 Å². The van der Waals surface area contributed by atoms with Crippen LogP contribution in [0.4, 0.5) is 5.82 Å². The molecule has 3 nitrogen and oxygen atoms in total. The summed E-state index contributed by atoms with van der Waals surface area (Å²) in [6.07, 6.45) is 1.86. The van der Waals surface area contributed by atoms with E-state index in [1.165, 1.54) is 0 Å². The average Bonchev–Trinajstić information content (AvgIpc) is 2.38. The van der Waals surface area contributed by atoms with Crippen molar-refractivity contribution in [2.75, 3.05) is 11.9 Å². The van der Waals surface area contributed by atoms with E-state index in [2.05, 4.69) is 37.9 Å². The molecule has 0 fully saturated rings. The van der Waals surface area contributed by atoms with Gasteiger partial charge in [0.05, 0.1) is 4.47 Å². The van der Waals surface area contributed by atoms with Gasteiger partial charge >= 0.3 is 0 Å². The van der Waals surface area contributed by atoms with Crippen LogP contribution in [-0.4, -0.2) is 17.0 Å². The number of halogens is 1. The predicted octanol–water partition coefficient (Wildman–Crippen LogP) is 3.42. The fraction of sp³-hybridized carbons (Fsp3) is 0.200. The quantitative estimate of drug-likeness (QED) is 0.858. The van der Waals surface area contributed by atoms with E-state index >= 15 is 0 Å². The Kier molecular flexibility index (Phi) is 4.73. The molecule has 2 N–H and O–H groups in total. The lowest BCUT2D eigenvalue weighted by Gasteiger charge is -2.20. The van der Waals surface area contributed by atoms with Gasteiger partial charge in [0.15, 0.2) is 0 Å². The van der Waals surface area contributed by atoms with Crippen molar-refractivity contribution in [2.45, 2.75) is 13.5 Å². The highest BCUT2D eigenvalue weighted by Gasteiger charge is 2.09. The first-order valence-corrected chi connectivity index (χ1v) is 7.39. The number of hydrogen-bond donors (Lipinski definition) is 1. The molecule has 0 saturated heterocycles. The van der Waals surface area contributed by atoms with Crippen LogP contribution in [0.15, 0.2) is 41.0 Å². The second-order valence-corrected chi connectivity index (χ2v) is 6.03. The number of thiocarbonyl (C=S) groups is 1. The monoisotopic (exact) mass is 349 g/mol. The molecule has 20 heavy (non-hydrogen) atoms. The molecule has 1 heterocycles. The number of nitrogens with two attached hydrogens (primary N) is 1. The van der Waals surface area contributed by atoms with E-state index in [1.807, 2.05) is 38.4 Å². The lowest BCUT2D eigenvalue weighted by Crippen LogP contribution is -2.19. The predicted molar refractivity (Wildman–Crippen MR) is 91.1 cm³/mol. The zero-order chi connectivity index (χ0) is 14.7. The molecule has 1 aromatic heterocycles. The maximum absolute atomic E-state index is 5.66. The van der Waals surface area contributed by atoms with Crippen molar-refractivity contribution in [3.63, 3.8) is 0 Å². The number of hydrogen-bond acceptors (Lipinski definition) is 3. The van der Waals surface area contributed by atoms with E-state index in [4.69, 9.17) is 18.0 Å². The molecule has 2 aromatic rings. The molecule has 0 aliphatic carbocycles. The molecule has 0 aliphatic rings. The van der Waals surface area contributed by atoms with Gasteiger partial charge in [0.25, 0.3) is 0 Å². The van der Waals surface area contributed by atoms with Gasteiger partial charge in [0, 0.05) is 25.4 Å². The van der Waals surface area contributed by atoms with Gasteiger partial charge in [-0.15, -0.1) is 0 Å². The Labute approximate surface area is 132 Å². The second-order valence-electron chi connectivity index (χ2n) is 4.74. The van der Waals surface area contributed by atoms with Gasteiger partial charge in [-0.05, 0) is 46.1 Å². The number of benzene rings is 1. The van der Waals surface area contributed by atoms with Crippen LogP contribution in [0.2, 0.25) is 0 Å². The summed E-state index contributed by atoms with van der Waals surface area (Å²) >= 11 is 8.56. The first kappa shape index (κ1) is 14.9. The van der Waals surface area contributed by atoms with Crippen LogP contribution < -0.4 is 10.6 Å². The second kappa shape index (κ2) is 6.33. The highest BCUT2D eigenvalue weighted by Crippen LogP contribution is 2.24. The summed E-state index contributed by atoms with van der Waals surface area (Å²) < 4.78 is 0.991. The molecule has 0 amide bonds. The fourth-order valence-corrected chi connectivity index (χ4v) is 2.87. The zero-order valence-corrected chi connectivity index (χ0v) is 13.8. The molecule has 0 bridgehead atoms. The number of aryl methyl sites for hydroxylation is 1. The van der Waals surface area contributed by atoms with Gasteiger partial charge in [-0.3, -0.25) is 0 Å². The topological polar surface area (TPSA) is 42.2 Å². The summed E-state index contributed by atoms with van der Waals surface area (Å²) in [6.45, 7) is 2.76. The van der Waals surface area contributed by atoms with E-state index in [0.29, 0.717) is 4.99 Å². The first-order chi connectivity index (χ1) is 9.47. The Morgan fingerprint density at radius 3 is 2.80 bits per heavy atom. The SMILES string of the molecule is Cc1cnc(N(C)Cc2cccc(C(N)=S)c2)c(Br)c1. The molecule has 0 radical (unpaired) electrons. The Morgan fingerprint density at radius 2 is 2.15 bits per heavy atom. The molecular weight excluding hydrogens is 334 g/mol. The molecule has 0 aliphatic heterocycles. The van der Waals surface area contributed by atoms with Crippen molar-refractivity contribution in [1.29, 1.82) is 0 Å². The Hall–Kier alpha value is -1.46. The van der Waals surface area contributed by atoms with Crippen molar-refractivity contribution in [1.82, 2.24) is 4.98 Å². The van der Waals surface area contributed by atoms with Crippen molar-refractivity contribution < 1.29 is 0 Å². The summed E-state index contributed by atoms with van der Waals surface area (Å²) in [5, 5.41) is 0. The number of nitrogens with zero attached hydrogens (tertiary/aromatic N) is 2. The molecule has 5 heteroatoms. The maximum atomic E-state index is 5.66. The van der Waals surface area contributed by atoms with Crippen LogP contribution in [0.25, 0.3) is 0 Å². The van der Waals surface area contributed by atoms with Gasteiger partial charge in [-0.1, -0.05) is 30.4 Å². The molecule has 0 atom stereocenters. The van der Waals surface area contributed by atoms with Crippen LogP contribution in [0, 0.1) is 6.92 Å². The number of anilines is 1. The molecule has 0 unspecified atom stereocenters. The van der Waals surface area contributed by atoms with Gasteiger partial charge in [-0.25, -0.2) is 4.98 Å². The van der Waals surface area contributed by atoms with E-state index < -0.39 is 0 Å². The van der Waals surface area contributed by atoms with Crippen molar-refractivity contribution in [3.8, 4) is 0 Å². The van der Waals surface area contributed by atoms with Gasteiger partial charge in [-0.2, -0.15) is 0 Å². The van der Waals surface area contributed by atoms with Crippen LogP contribution in [0.3, 0.4) is 0 Å². The van der Waals surface area contributed by atoms with E-state index in [9.17, 15) is 0 Å². The molecule has 0 spiro atoms. The molecule has 0 saturated carbocycles. The van der Waals surface area contributed by atoms with Crippen molar-refractivity contribution in [3.05, 3.63) is 57.7 Å². The van der Waals surface area contributed by atoms with E-state index in [-0.39, 0.29) is 0 Å². The molecule has 2 rings (SSSR count). The Balaban J connectivity index is 2.21. The smallest absolute Gasteiger partial charge is 0.142 e. The Morgan fingerprint density at radius 1 is 1.40 bits per heavy atom. The first-order valence-electron chi connectivity index (χ1n) is 6.19. The number of rotatable bonds is 4. The average molecular weight is 350 g/mol. The summed E-state index contributed by atoms with van der Waals surface area (Å²) in [5.41, 5.74) is 8.83. The third-order valence-corrected chi connectivity index (χ3v) is 3.77. The fourth-order valence-electron chi connectivity index (χ4n) is 1.98. The zero-order valence-electron chi connectivity index (χ0n) is 11.4. The number of aromatic nitrogens is 1. The minimum Gasteiger partial charge on any atom is -0.389 e. The molecule has 1 aromatic carbocycles. The number of pyridine rings is 1. The highest BCUT2D eigenvalue weighted by atomic mass is 79.9. The van der Waals surface area contributed by atoms with Crippen molar-refractivity contribution >= 4 is 39.0 Å². The minimum atomic E-state index is 0.421. The van der Waals surface area contributed by atoms with E-state index in [1.54, 1.807) is 0 Å². The largest absolute Gasteiger partial charge is 0.389 e. The van der Waals surface area contributed by atoms with Gasteiger partial charge < -0.3 is 10.6 Å². The summed E-state index contributed by atoms with van der Waals surface area (Å²) in [6, 6.07) is 10.0. The Bertz CT molecular complexity index is 643. The summed E-state index contributed by atoms with van der Waals surface area (Å²) in [5.74, 6) is 0.913. The van der Waals surface area contributed by atoms with Gasteiger partial charge in [0.1, 0.15) is 10.8 Å². The lowest BCUT2D eigenvalue weighted by molar-refractivity contribution is 0.892. The standard InChI is InChI=1S/C15H16BrN3S/c1-10-6-13(16)15(18-8-10)19(2)9-11-4-3-5-12(7-11)14(17)20/h3-8H,9H2,1-2H3,(H2,17,20). The van der Waals surface area contributed by atoms with Gasteiger partial charge in [0.2, 0.25) is 0 Å². The highest BCUT2D eigenvalue weighted by molar-refractivity contribution is 9.10. The third-order valence-electron chi connectivity index (χ3n) is 2.95. The van der Waals surface area contributed by atoms with Crippen LogP contribution in [0.5, 0.6) is 0 Å². The molecule has 104 valence electrons. The summed E-state index contributed by atoms with van der Waals surface area (Å²) in [4.78, 5) is 6.97. The normalized spacial score (nSPS) is 10.3. The van der Waals surface area contributed by atoms with Crippen molar-refractivity contribution in [2.24, 2.45) is 5.73 Å².